The summed E-state index contributed by atoms with van der Waals surface area (Å²) in [6.07, 6.45) is 0. The van der Waals surface area contributed by atoms with Gasteiger partial charge in [-0.1, -0.05) is 18.2 Å². The summed E-state index contributed by atoms with van der Waals surface area (Å²) in [5.41, 5.74) is 1.80. The Morgan fingerprint density at radius 3 is 2.71 bits per heavy atom. The number of amides is 1. The molecule has 0 fully saturated rings. The van der Waals surface area contributed by atoms with Gasteiger partial charge >= 0.3 is 0 Å². The molecule has 0 saturated heterocycles. The SMILES string of the molecule is Cc1ccc(NC(=O)CSCc2cccc(F)c2)cc1F. The highest BCUT2D eigenvalue weighted by atomic mass is 32.2. The molecule has 0 saturated carbocycles. The Hall–Kier alpha value is -1.88. The quantitative estimate of drug-likeness (QED) is 0.899. The number of hydrogen-bond acceptors (Lipinski definition) is 2. The molecule has 1 N–H and O–H groups in total. The number of nitrogens with one attached hydrogen (secondary N) is 1. The molecule has 5 heteroatoms. The topological polar surface area (TPSA) is 29.1 Å². The van der Waals surface area contributed by atoms with Crippen molar-refractivity contribution in [2.75, 3.05) is 11.1 Å². The maximum Gasteiger partial charge on any atom is 0.234 e. The Morgan fingerprint density at radius 2 is 2.00 bits per heavy atom. The lowest BCUT2D eigenvalue weighted by atomic mass is 10.2. The third-order valence-corrected chi connectivity index (χ3v) is 3.85. The standard InChI is InChI=1S/C16H15F2NOS/c1-11-5-6-14(8-15(11)18)19-16(20)10-21-9-12-3-2-4-13(17)7-12/h2-8H,9-10H2,1H3,(H,19,20). The third-order valence-electron chi connectivity index (χ3n) is 2.85. The van der Waals surface area contributed by atoms with Crippen LogP contribution < -0.4 is 5.32 Å². The van der Waals surface area contributed by atoms with E-state index in [4.69, 9.17) is 0 Å². The average molecular weight is 307 g/mol. The highest BCUT2D eigenvalue weighted by molar-refractivity contribution is 7.99. The van der Waals surface area contributed by atoms with E-state index in [1.807, 2.05) is 6.07 Å². The van der Waals surface area contributed by atoms with E-state index >= 15 is 0 Å². The van der Waals surface area contributed by atoms with E-state index < -0.39 is 0 Å². The molecule has 110 valence electrons. The molecule has 0 heterocycles. The van der Waals surface area contributed by atoms with Crippen LogP contribution in [0.2, 0.25) is 0 Å². The minimum Gasteiger partial charge on any atom is -0.325 e. The number of hydrogen-bond donors (Lipinski definition) is 1. The van der Waals surface area contributed by atoms with Crippen LogP contribution in [0, 0.1) is 18.6 Å². The average Bonchev–Trinajstić information content (AvgIpc) is 2.43. The van der Waals surface area contributed by atoms with Gasteiger partial charge < -0.3 is 5.32 Å². The van der Waals surface area contributed by atoms with Gasteiger partial charge in [-0.2, -0.15) is 0 Å². The molecule has 2 aromatic rings. The fourth-order valence-corrected chi connectivity index (χ4v) is 2.53. The molecule has 1 amide bonds. The first-order valence-corrected chi connectivity index (χ1v) is 7.58. The van der Waals surface area contributed by atoms with Gasteiger partial charge in [0.15, 0.2) is 0 Å². The van der Waals surface area contributed by atoms with Crippen molar-refractivity contribution in [2.24, 2.45) is 0 Å². The predicted molar refractivity (Wildman–Crippen MR) is 82.3 cm³/mol. The second-order valence-corrected chi connectivity index (χ2v) is 5.62. The minimum atomic E-state index is -0.347. The molecule has 2 nitrogen and oxygen atoms in total. The van der Waals surface area contributed by atoms with Crippen molar-refractivity contribution < 1.29 is 13.6 Å². The molecule has 0 unspecified atom stereocenters. The number of carbonyl (C=O) groups excluding carboxylic acids is 1. The van der Waals surface area contributed by atoms with Gasteiger partial charge in [-0.3, -0.25) is 4.79 Å². The van der Waals surface area contributed by atoms with Crippen LogP contribution in [0.15, 0.2) is 42.5 Å². The van der Waals surface area contributed by atoms with Gasteiger partial charge in [-0.15, -0.1) is 11.8 Å². The molecule has 0 spiro atoms. The monoisotopic (exact) mass is 307 g/mol. The first kappa shape index (κ1) is 15.5. The summed E-state index contributed by atoms with van der Waals surface area (Å²) in [6, 6.07) is 10.8. The summed E-state index contributed by atoms with van der Waals surface area (Å²) in [4.78, 5) is 11.7. The Balaban J connectivity index is 1.81. The van der Waals surface area contributed by atoms with Gasteiger partial charge in [0.1, 0.15) is 11.6 Å². The number of halogens is 2. The fourth-order valence-electron chi connectivity index (χ4n) is 1.76. The predicted octanol–water partition coefficient (Wildman–Crippen LogP) is 4.15. The lowest BCUT2D eigenvalue weighted by molar-refractivity contribution is -0.113. The van der Waals surface area contributed by atoms with Crippen molar-refractivity contribution in [3.63, 3.8) is 0 Å². The zero-order valence-electron chi connectivity index (χ0n) is 11.5. The Labute approximate surface area is 126 Å². The van der Waals surface area contributed by atoms with Gasteiger partial charge in [0.2, 0.25) is 5.91 Å². The summed E-state index contributed by atoms with van der Waals surface area (Å²) in [7, 11) is 0. The third kappa shape index (κ3) is 4.86. The van der Waals surface area contributed by atoms with E-state index in [2.05, 4.69) is 5.32 Å². The lowest BCUT2D eigenvalue weighted by Crippen LogP contribution is -2.14. The van der Waals surface area contributed by atoms with Crippen molar-refractivity contribution in [3.8, 4) is 0 Å². The summed E-state index contributed by atoms with van der Waals surface area (Å²) < 4.78 is 26.3. The van der Waals surface area contributed by atoms with Gasteiger partial charge in [-0.25, -0.2) is 8.78 Å². The van der Waals surface area contributed by atoms with Crippen LogP contribution in [0.25, 0.3) is 0 Å². The number of anilines is 1. The van der Waals surface area contributed by atoms with Crippen LogP contribution in [-0.2, 0) is 10.5 Å². The highest BCUT2D eigenvalue weighted by Crippen LogP contribution is 2.16. The van der Waals surface area contributed by atoms with E-state index in [1.165, 1.54) is 30.0 Å². The van der Waals surface area contributed by atoms with E-state index in [0.717, 1.165) is 5.56 Å². The number of carbonyl (C=O) groups is 1. The maximum absolute atomic E-state index is 13.3. The normalized spacial score (nSPS) is 10.4. The molecule has 0 radical (unpaired) electrons. The number of aryl methyl sites for hydroxylation is 1. The van der Waals surface area contributed by atoms with Crippen LogP contribution in [-0.4, -0.2) is 11.7 Å². The first-order valence-electron chi connectivity index (χ1n) is 6.43. The molecule has 0 bridgehead atoms. The van der Waals surface area contributed by atoms with Crippen molar-refractivity contribution >= 4 is 23.4 Å². The summed E-state index contributed by atoms with van der Waals surface area (Å²) in [5, 5.41) is 2.63. The second kappa shape index (κ2) is 7.22. The molecule has 0 aliphatic rings. The van der Waals surface area contributed by atoms with Crippen LogP contribution in [0.3, 0.4) is 0 Å². The van der Waals surface area contributed by atoms with E-state index in [0.29, 0.717) is 17.0 Å². The van der Waals surface area contributed by atoms with Gasteiger partial charge in [0.05, 0.1) is 5.75 Å². The van der Waals surface area contributed by atoms with Crippen molar-refractivity contribution in [2.45, 2.75) is 12.7 Å². The molecule has 2 aromatic carbocycles. The second-order valence-electron chi connectivity index (χ2n) is 4.63. The summed E-state index contributed by atoms with van der Waals surface area (Å²) in [5.74, 6) is -0.0630. The Bertz CT molecular complexity index is 646. The number of rotatable bonds is 5. The van der Waals surface area contributed by atoms with Crippen molar-refractivity contribution in [3.05, 3.63) is 65.2 Å². The van der Waals surface area contributed by atoms with E-state index in [9.17, 15) is 13.6 Å². The smallest absolute Gasteiger partial charge is 0.234 e. The van der Waals surface area contributed by atoms with Gasteiger partial charge in [0, 0.05) is 11.4 Å². The van der Waals surface area contributed by atoms with Crippen LogP contribution >= 0.6 is 11.8 Å². The van der Waals surface area contributed by atoms with Crippen LogP contribution in [0.4, 0.5) is 14.5 Å². The van der Waals surface area contributed by atoms with Crippen LogP contribution in [0.5, 0.6) is 0 Å². The molecule has 0 aliphatic carbocycles. The molecule has 0 aromatic heterocycles. The van der Waals surface area contributed by atoms with Gasteiger partial charge in [0.25, 0.3) is 0 Å². The molecule has 2 rings (SSSR count). The molecule has 21 heavy (non-hydrogen) atoms. The summed E-state index contributed by atoms with van der Waals surface area (Å²) >= 11 is 1.38. The largest absolute Gasteiger partial charge is 0.325 e. The Morgan fingerprint density at radius 1 is 1.19 bits per heavy atom. The highest BCUT2D eigenvalue weighted by Gasteiger charge is 2.05. The fraction of sp³-hybridized carbons (Fsp3) is 0.188. The summed E-state index contributed by atoms with van der Waals surface area (Å²) in [6.45, 7) is 1.66. The maximum atomic E-state index is 13.3. The van der Waals surface area contributed by atoms with Crippen molar-refractivity contribution in [1.29, 1.82) is 0 Å². The van der Waals surface area contributed by atoms with Gasteiger partial charge in [-0.05, 0) is 42.3 Å². The molecule has 0 atom stereocenters. The molecular weight excluding hydrogens is 292 g/mol. The molecular formula is C16H15F2NOS. The minimum absolute atomic E-state index is 0.209. The first-order chi connectivity index (χ1) is 10.0. The van der Waals surface area contributed by atoms with E-state index in [-0.39, 0.29) is 23.3 Å². The number of thioether (sulfide) groups is 1. The molecule has 0 aliphatic heterocycles. The van der Waals surface area contributed by atoms with Crippen molar-refractivity contribution in [1.82, 2.24) is 0 Å². The van der Waals surface area contributed by atoms with Crippen LogP contribution in [0.1, 0.15) is 11.1 Å². The van der Waals surface area contributed by atoms with E-state index in [1.54, 1.807) is 25.1 Å². The zero-order valence-corrected chi connectivity index (χ0v) is 12.3. The Kier molecular flexibility index (Phi) is 5.33. The lowest BCUT2D eigenvalue weighted by Gasteiger charge is -2.06. The zero-order chi connectivity index (χ0) is 15.2. The number of benzene rings is 2.